The Bertz CT molecular complexity index is 309. The Morgan fingerprint density at radius 1 is 1.36 bits per heavy atom. The van der Waals surface area contributed by atoms with Gasteiger partial charge in [0, 0.05) is 12.5 Å². The van der Waals surface area contributed by atoms with Crippen molar-refractivity contribution >= 4 is 11.7 Å². The van der Waals surface area contributed by atoms with Gasteiger partial charge in [0.2, 0.25) is 5.78 Å². The molecule has 0 fully saturated rings. The van der Waals surface area contributed by atoms with Gasteiger partial charge in [-0.1, -0.05) is 20.8 Å². The summed E-state index contributed by atoms with van der Waals surface area (Å²) in [6.45, 7) is 6.55. The smallest absolute Gasteiger partial charge is 0.299 e. The zero-order chi connectivity index (χ0) is 10.7. The number of rotatable bonds is 3. The van der Waals surface area contributed by atoms with Crippen LogP contribution in [0.4, 0.5) is 0 Å². The predicted octanol–water partition coefficient (Wildman–Crippen LogP) is 0.836. The summed E-state index contributed by atoms with van der Waals surface area (Å²) >= 11 is 0. The first-order valence-electron chi connectivity index (χ1n) is 4.92. The summed E-state index contributed by atoms with van der Waals surface area (Å²) in [4.78, 5) is 24.4. The fourth-order valence-corrected chi connectivity index (χ4v) is 1.56. The molecule has 0 aromatic heterocycles. The van der Waals surface area contributed by atoms with Gasteiger partial charge >= 0.3 is 0 Å². The molecule has 3 heteroatoms. The maximum absolute atomic E-state index is 11.4. The van der Waals surface area contributed by atoms with Crippen molar-refractivity contribution in [2.45, 2.75) is 33.2 Å². The van der Waals surface area contributed by atoms with Crippen LogP contribution in [0.15, 0.2) is 0 Å². The molecule has 3 nitrogen and oxygen atoms in total. The molecule has 1 aliphatic heterocycles. The second-order valence-electron chi connectivity index (χ2n) is 3.89. The Labute approximate surface area is 84.5 Å². The van der Waals surface area contributed by atoms with Crippen molar-refractivity contribution in [2.75, 3.05) is 6.54 Å². The molecule has 0 aliphatic carbocycles. The predicted molar refractivity (Wildman–Crippen MR) is 53.4 cm³/mol. The van der Waals surface area contributed by atoms with Crippen molar-refractivity contribution in [2.24, 2.45) is 5.92 Å². The average Bonchev–Trinajstić information content (AvgIpc) is 2.11. The number of nitrogens with zero attached hydrogens (tertiary/aromatic N) is 1. The molecular weight excluding hydrogens is 178 g/mol. The summed E-state index contributed by atoms with van der Waals surface area (Å²) in [7, 11) is 0. The van der Waals surface area contributed by atoms with Gasteiger partial charge < -0.3 is 4.90 Å². The van der Waals surface area contributed by atoms with Crippen LogP contribution in [0.1, 0.15) is 27.2 Å². The lowest BCUT2D eigenvalue weighted by atomic mass is 10.0. The molecule has 0 saturated carbocycles. The maximum atomic E-state index is 11.4. The molecule has 1 rings (SSSR count). The molecule has 1 atom stereocenters. The standard InChI is InChI=1S/C11H15NO2/c1-4-9-10(13)5-6-11(14)12(9)7-8(2)3/h8-9H,4,7H2,1-3H3/t9-/m1/s1. The van der Waals surface area contributed by atoms with Gasteiger partial charge in [0.25, 0.3) is 5.91 Å². The highest BCUT2D eigenvalue weighted by Gasteiger charge is 2.29. The van der Waals surface area contributed by atoms with Crippen LogP contribution in [0.3, 0.4) is 0 Å². The van der Waals surface area contributed by atoms with Gasteiger partial charge in [0.15, 0.2) is 0 Å². The molecule has 76 valence electrons. The van der Waals surface area contributed by atoms with Crippen molar-refractivity contribution in [3.63, 3.8) is 0 Å². The fraction of sp³-hybridized carbons (Fsp3) is 0.636. The van der Waals surface area contributed by atoms with Crippen molar-refractivity contribution in [1.82, 2.24) is 4.90 Å². The second-order valence-corrected chi connectivity index (χ2v) is 3.89. The first-order valence-corrected chi connectivity index (χ1v) is 4.92. The van der Waals surface area contributed by atoms with Crippen LogP contribution in [-0.2, 0) is 9.59 Å². The van der Waals surface area contributed by atoms with Crippen LogP contribution >= 0.6 is 0 Å². The van der Waals surface area contributed by atoms with E-state index in [1.165, 1.54) is 0 Å². The van der Waals surface area contributed by atoms with Crippen molar-refractivity contribution in [3.05, 3.63) is 0 Å². The summed E-state index contributed by atoms with van der Waals surface area (Å²) in [6.07, 6.45) is 0.645. The SMILES string of the molecule is CC[C@@H]1C(=O)C#CC(=O)N1CC(C)C. The van der Waals surface area contributed by atoms with Gasteiger partial charge in [-0.05, 0) is 18.3 Å². The van der Waals surface area contributed by atoms with E-state index in [4.69, 9.17) is 0 Å². The van der Waals surface area contributed by atoms with Crippen LogP contribution < -0.4 is 0 Å². The second kappa shape index (κ2) is 4.28. The van der Waals surface area contributed by atoms with Gasteiger partial charge in [-0.2, -0.15) is 0 Å². The lowest BCUT2D eigenvalue weighted by molar-refractivity contribution is -0.134. The number of amides is 1. The molecular formula is C11H15NO2. The Balaban J connectivity index is 2.86. The summed E-state index contributed by atoms with van der Waals surface area (Å²) < 4.78 is 0. The molecule has 0 aromatic carbocycles. The van der Waals surface area contributed by atoms with E-state index >= 15 is 0 Å². The van der Waals surface area contributed by atoms with Crippen LogP contribution in [0, 0.1) is 17.8 Å². The summed E-state index contributed by atoms with van der Waals surface area (Å²) in [5.74, 6) is 4.71. The van der Waals surface area contributed by atoms with Crippen LogP contribution in [-0.4, -0.2) is 29.2 Å². The molecule has 0 saturated heterocycles. The molecule has 0 unspecified atom stereocenters. The summed E-state index contributed by atoms with van der Waals surface area (Å²) in [6, 6.07) is -0.328. The van der Waals surface area contributed by atoms with Crippen molar-refractivity contribution in [1.29, 1.82) is 0 Å². The first-order chi connectivity index (χ1) is 6.56. The lowest BCUT2D eigenvalue weighted by Crippen LogP contribution is -2.47. The van der Waals surface area contributed by atoms with E-state index in [1.54, 1.807) is 4.90 Å². The molecule has 0 radical (unpaired) electrons. The van der Waals surface area contributed by atoms with E-state index in [2.05, 4.69) is 11.8 Å². The number of hydrogen-bond acceptors (Lipinski definition) is 2. The Morgan fingerprint density at radius 3 is 2.50 bits per heavy atom. The Hall–Kier alpha value is -1.30. The highest BCUT2D eigenvalue weighted by molar-refractivity contribution is 6.11. The third-order valence-electron chi connectivity index (χ3n) is 2.18. The largest absolute Gasteiger partial charge is 0.321 e. The lowest BCUT2D eigenvalue weighted by Gasteiger charge is -2.30. The monoisotopic (exact) mass is 193 g/mol. The van der Waals surface area contributed by atoms with Crippen LogP contribution in [0.2, 0.25) is 0 Å². The average molecular weight is 193 g/mol. The number of carbonyl (C=O) groups excluding carboxylic acids is 2. The van der Waals surface area contributed by atoms with Crippen molar-refractivity contribution < 1.29 is 9.59 Å². The molecule has 1 aliphatic rings. The van der Waals surface area contributed by atoms with E-state index in [0.29, 0.717) is 18.9 Å². The highest BCUT2D eigenvalue weighted by Crippen LogP contribution is 2.11. The molecule has 0 bridgehead atoms. The number of hydrogen-bond donors (Lipinski definition) is 0. The normalized spacial score (nSPS) is 21.1. The minimum Gasteiger partial charge on any atom is -0.321 e. The third kappa shape index (κ3) is 2.14. The zero-order valence-corrected chi connectivity index (χ0v) is 8.83. The summed E-state index contributed by atoms with van der Waals surface area (Å²) in [5, 5.41) is 0. The van der Waals surface area contributed by atoms with E-state index < -0.39 is 0 Å². The molecule has 14 heavy (non-hydrogen) atoms. The quantitative estimate of drug-likeness (QED) is 0.492. The highest BCUT2D eigenvalue weighted by atomic mass is 16.2. The minimum atomic E-state index is -0.328. The first kappa shape index (κ1) is 10.8. The van der Waals surface area contributed by atoms with E-state index in [1.807, 2.05) is 20.8 Å². The van der Waals surface area contributed by atoms with Gasteiger partial charge in [0.05, 0.1) is 0 Å². The van der Waals surface area contributed by atoms with Gasteiger partial charge in [-0.3, -0.25) is 9.59 Å². The topological polar surface area (TPSA) is 37.4 Å². The van der Waals surface area contributed by atoms with E-state index in [-0.39, 0.29) is 17.7 Å². The number of carbonyl (C=O) groups is 2. The summed E-state index contributed by atoms with van der Waals surface area (Å²) in [5.41, 5.74) is 0. The molecule has 0 spiro atoms. The Morgan fingerprint density at radius 2 is 2.00 bits per heavy atom. The molecule has 1 amide bonds. The van der Waals surface area contributed by atoms with Crippen molar-refractivity contribution in [3.8, 4) is 11.8 Å². The number of ketones is 1. The fourth-order valence-electron chi connectivity index (χ4n) is 1.56. The minimum absolute atomic E-state index is 0.132. The number of Topliss-reactive ketones (excluding diaryl/α,β-unsaturated/α-hetero) is 1. The van der Waals surface area contributed by atoms with Gasteiger partial charge in [-0.25, -0.2) is 0 Å². The van der Waals surface area contributed by atoms with E-state index in [9.17, 15) is 9.59 Å². The molecule has 1 heterocycles. The molecule has 0 N–H and O–H groups in total. The van der Waals surface area contributed by atoms with E-state index in [0.717, 1.165) is 0 Å². The van der Waals surface area contributed by atoms with Gasteiger partial charge in [0.1, 0.15) is 6.04 Å². The van der Waals surface area contributed by atoms with Crippen LogP contribution in [0.5, 0.6) is 0 Å². The Kier molecular flexibility index (Phi) is 3.29. The maximum Gasteiger partial charge on any atom is 0.299 e. The zero-order valence-electron chi connectivity index (χ0n) is 8.83. The van der Waals surface area contributed by atoms with Crippen LogP contribution in [0.25, 0.3) is 0 Å². The van der Waals surface area contributed by atoms with Gasteiger partial charge in [-0.15, -0.1) is 0 Å². The molecule has 0 aromatic rings. The third-order valence-corrected chi connectivity index (χ3v) is 2.18.